The van der Waals surface area contributed by atoms with Gasteiger partial charge in [-0.2, -0.15) is 9.78 Å². The molecule has 0 saturated carbocycles. The van der Waals surface area contributed by atoms with Gasteiger partial charge in [-0.05, 0) is 6.07 Å². The van der Waals surface area contributed by atoms with Gasteiger partial charge < -0.3 is 4.52 Å². The van der Waals surface area contributed by atoms with Crippen LogP contribution >= 0.6 is 0 Å². The van der Waals surface area contributed by atoms with Crippen LogP contribution in [0.2, 0.25) is 0 Å². The Morgan fingerprint density at radius 3 is 3.08 bits per heavy atom. The first-order valence-corrected chi connectivity index (χ1v) is 3.20. The molecule has 0 aromatic carbocycles. The number of aromatic nitrogens is 4. The normalized spacial score (nSPS) is 10.0. The third kappa shape index (κ3) is 0.986. The van der Waals surface area contributed by atoms with E-state index in [1.807, 2.05) is 0 Å². The van der Waals surface area contributed by atoms with E-state index in [2.05, 4.69) is 20.0 Å². The zero-order valence-corrected chi connectivity index (χ0v) is 5.91. The van der Waals surface area contributed by atoms with E-state index in [-0.39, 0.29) is 11.4 Å². The van der Waals surface area contributed by atoms with Gasteiger partial charge in [0, 0.05) is 17.5 Å². The van der Waals surface area contributed by atoms with E-state index in [1.165, 1.54) is 18.5 Å². The lowest BCUT2D eigenvalue weighted by Gasteiger charge is -1.93. The molecule has 0 N–H and O–H groups in total. The van der Waals surface area contributed by atoms with Crippen molar-refractivity contribution in [2.24, 2.45) is 0 Å². The van der Waals surface area contributed by atoms with Crippen molar-refractivity contribution in [3.05, 3.63) is 34.9 Å². The summed E-state index contributed by atoms with van der Waals surface area (Å²) < 4.78 is 5.56. The van der Waals surface area contributed by atoms with Crippen LogP contribution in [0, 0.1) is 0 Å². The molecule has 2 aromatic rings. The number of nitrogens with zero attached hydrogens (tertiary/aromatic N) is 4. The van der Waals surface area contributed by atoms with Crippen molar-refractivity contribution < 1.29 is 4.52 Å². The molecule has 0 unspecified atom stereocenters. The predicted molar refractivity (Wildman–Crippen MR) is 37.7 cm³/mol. The Morgan fingerprint density at radius 2 is 2.42 bits per heavy atom. The molecule has 0 aliphatic rings. The summed E-state index contributed by atoms with van der Waals surface area (Å²) in [6.45, 7) is 0. The minimum absolute atomic E-state index is 0.270. The summed E-state index contributed by atoms with van der Waals surface area (Å²) in [4.78, 5) is 11.1. The van der Waals surface area contributed by atoms with E-state index in [1.54, 1.807) is 6.07 Å². The predicted octanol–water partition coefficient (Wildman–Crippen LogP) is -0.385. The topological polar surface area (TPSA) is 73.8 Å². The summed E-state index contributed by atoms with van der Waals surface area (Å²) in [5.74, 6) is 0.278. The standard InChI is InChI=1S/C6H4N4O2/c11-6-2-1-3-7-10(6)5-4-12-9-8-5/h1-4H. The quantitative estimate of drug-likeness (QED) is 0.574. The van der Waals surface area contributed by atoms with Gasteiger partial charge in [-0.3, -0.25) is 4.79 Å². The largest absolute Gasteiger partial charge is 0.343 e. The van der Waals surface area contributed by atoms with Crippen LogP contribution in [-0.2, 0) is 0 Å². The average Bonchev–Trinajstić information content (AvgIpc) is 2.57. The molecule has 0 aliphatic carbocycles. The highest BCUT2D eigenvalue weighted by molar-refractivity contribution is 5.11. The first-order chi connectivity index (χ1) is 5.88. The molecule has 0 saturated heterocycles. The molecule has 0 spiro atoms. The van der Waals surface area contributed by atoms with Crippen molar-refractivity contribution in [1.29, 1.82) is 0 Å². The van der Waals surface area contributed by atoms with Gasteiger partial charge in [-0.1, -0.05) is 5.10 Å². The maximum Gasteiger partial charge on any atom is 0.273 e. The second-order valence-electron chi connectivity index (χ2n) is 2.04. The Morgan fingerprint density at radius 1 is 1.50 bits per heavy atom. The second-order valence-corrected chi connectivity index (χ2v) is 2.04. The van der Waals surface area contributed by atoms with E-state index < -0.39 is 0 Å². The molecular weight excluding hydrogens is 160 g/mol. The molecule has 0 atom stereocenters. The summed E-state index contributed by atoms with van der Waals surface area (Å²) >= 11 is 0. The first kappa shape index (κ1) is 6.71. The average molecular weight is 164 g/mol. The van der Waals surface area contributed by atoms with Crippen LogP contribution in [0.1, 0.15) is 0 Å². The zero-order chi connectivity index (χ0) is 8.39. The highest BCUT2D eigenvalue weighted by atomic mass is 16.5. The Bertz CT molecular complexity index is 419. The van der Waals surface area contributed by atoms with Crippen molar-refractivity contribution >= 4 is 0 Å². The molecule has 6 nitrogen and oxygen atoms in total. The van der Waals surface area contributed by atoms with Gasteiger partial charge in [-0.15, -0.1) is 0 Å². The SMILES string of the molecule is O=c1cccnn1-c1conn1. The van der Waals surface area contributed by atoms with Crippen molar-refractivity contribution in [1.82, 2.24) is 20.2 Å². The summed E-state index contributed by atoms with van der Waals surface area (Å²) in [6, 6.07) is 2.92. The molecule has 60 valence electrons. The van der Waals surface area contributed by atoms with Gasteiger partial charge in [-0.25, -0.2) is 0 Å². The maximum absolute atomic E-state index is 11.1. The van der Waals surface area contributed by atoms with Crippen molar-refractivity contribution in [2.75, 3.05) is 0 Å². The fourth-order valence-corrected chi connectivity index (χ4v) is 0.782. The minimum atomic E-state index is -0.270. The molecular formula is C6H4N4O2. The summed E-state index contributed by atoms with van der Waals surface area (Å²) in [7, 11) is 0. The number of hydrogen-bond acceptors (Lipinski definition) is 5. The van der Waals surface area contributed by atoms with E-state index in [0.29, 0.717) is 0 Å². The van der Waals surface area contributed by atoms with E-state index >= 15 is 0 Å². The molecule has 2 heterocycles. The Balaban J connectivity index is 2.63. The molecule has 0 radical (unpaired) electrons. The summed E-state index contributed by atoms with van der Waals surface area (Å²) in [5.41, 5.74) is -0.270. The second kappa shape index (κ2) is 2.57. The smallest absolute Gasteiger partial charge is 0.273 e. The lowest BCUT2D eigenvalue weighted by Crippen LogP contribution is -2.19. The highest BCUT2D eigenvalue weighted by Gasteiger charge is 2.02. The molecule has 2 aromatic heterocycles. The molecule has 2 rings (SSSR count). The first-order valence-electron chi connectivity index (χ1n) is 3.20. The van der Waals surface area contributed by atoms with Crippen molar-refractivity contribution in [2.45, 2.75) is 0 Å². The number of rotatable bonds is 1. The lowest BCUT2D eigenvalue weighted by atomic mass is 10.6. The summed E-state index contributed by atoms with van der Waals surface area (Å²) in [6.07, 6.45) is 2.73. The van der Waals surface area contributed by atoms with Crippen LogP contribution < -0.4 is 5.56 Å². The van der Waals surface area contributed by atoms with Crippen LogP contribution in [0.3, 0.4) is 0 Å². The highest BCUT2D eigenvalue weighted by Crippen LogP contribution is 1.93. The molecule has 0 aliphatic heterocycles. The van der Waals surface area contributed by atoms with Gasteiger partial charge in [0.1, 0.15) is 0 Å². The van der Waals surface area contributed by atoms with Crippen LogP contribution in [0.25, 0.3) is 5.82 Å². The van der Waals surface area contributed by atoms with Crippen molar-refractivity contribution in [3.8, 4) is 5.82 Å². The monoisotopic (exact) mass is 164 g/mol. The van der Waals surface area contributed by atoms with E-state index in [9.17, 15) is 4.79 Å². The van der Waals surface area contributed by atoms with Gasteiger partial charge in [0.2, 0.25) is 5.82 Å². The van der Waals surface area contributed by atoms with Gasteiger partial charge in [0.15, 0.2) is 6.26 Å². The van der Waals surface area contributed by atoms with E-state index in [0.717, 1.165) is 4.68 Å². The van der Waals surface area contributed by atoms with Crippen molar-refractivity contribution in [3.63, 3.8) is 0 Å². The van der Waals surface area contributed by atoms with Gasteiger partial charge >= 0.3 is 0 Å². The Labute approximate surface area is 66.4 Å². The Kier molecular flexibility index (Phi) is 1.44. The van der Waals surface area contributed by atoms with E-state index in [4.69, 9.17) is 0 Å². The van der Waals surface area contributed by atoms with Gasteiger partial charge in [0.05, 0.1) is 0 Å². The third-order valence-corrected chi connectivity index (χ3v) is 1.28. The van der Waals surface area contributed by atoms with Crippen LogP contribution in [0.5, 0.6) is 0 Å². The minimum Gasteiger partial charge on any atom is -0.343 e. The zero-order valence-electron chi connectivity index (χ0n) is 5.91. The number of hydrogen-bond donors (Lipinski definition) is 0. The molecule has 0 amide bonds. The van der Waals surface area contributed by atoms with Crippen LogP contribution in [0.4, 0.5) is 0 Å². The third-order valence-electron chi connectivity index (χ3n) is 1.28. The lowest BCUT2D eigenvalue weighted by molar-refractivity contribution is 0.393. The fourth-order valence-electron chi connectivity index (χ4n) is 0.782. The Hall–Kier alpha value is -1.98. The fraction of sp³-hybridized carbons (Fsp3) is 0. The molecule has 0 bridgehead atoms. The van der Waals surface area contributed by atoms with Crippen LogP contribution in [-0.4, -0.2) is 20.2 Å². The van der Waals surface area contributed by atoms with Gasteiger partial charge in [0.25, 0.3) is 5.56 Å². The molecule has 12 heavy (non-hydrogen) atoms. The molecule has 6 heteroatoms. The molecule has 0 fully saturated rings. The summed E-state index contributed by atoms with van der Waals surface area (Å²) in [5, 5.41) is 10.5. The maximum atomic E-state index is 11.1. The van der Waals surface area contributed by atoms with Crippen LogP contribution in [0.15, 0.2) is 33.9 Å².